The van der Waals surface area contributed by atoms with E-state index in [0.29, 0.717) is 18.1 Å². The molecule has 10 heteroatoms. The third kappa shape index (κ3) is 5.61. The first-order valence-electron chi connectivity index (χ1n) is 9.85. The molecule has 6 nitrogen and oxygen atoms in total. The number of anilines is 1. The van der Waals surface area contributed by atoms with E-state index in [9.17, 15) is 21.6 Å². The van der Waals surface area contributed by atoms with Crippen LogP contribution in [0.4, 0.5) is 18.9 Å². The van der Waals surface area contributed by atoms with Crippen LogP contribution in [-0.2, 0) is 16.4 Å². The summed E-state index contributed by atoms with van der Waals surface area (Å²) in [6, 6.07) is 13.0. The van der Waals surface area contributed by atoms with Gasteiger partial charge in [-0.25, -0.2) is 4.98 Å². The second kappa shape index (κ2) is 9.23. The minimum atomic E-state index is -5.46. The van der Waals surface area contributed by atoms with Crippen molar-refractivity contribution in [2.45, 2.75) is 38.6 Å². The third-order valence-electron chi connectivity index (χ3n) is 4.57. The van der Waals surface area contributed by atoms with E-state index in [0.717, 1.165) is 22.6 Å². The van der Waals surface area contributed by atoms with Gasteiger partial charge >= 0.3 is 15.5 Å². The predicted octanol–water partition coefficient (Wildman–Crippen LogP) is 5.66. The summed E-state index contributed by atoms with van der Waals surface area (Å²) in [6.07, 6.45) is 0.464. The number of oxazole rings is 1. The average molecular weight is 468 g/mol. The molecular weight excluding hydrogens is 445 g/mol. The van der Waals surface area contributed by atoms with Crippen molar-refractivity contribution in [3.05, 3.63) is 65.5 Å². The SMILES string of the molecule is Cc1ccc(-c2nc(CCOc3ccc(NS(=O)(=O)C(F)(F)F)cc3)c(C(C)C)o2)cc1. The number of nitrogens with zero attached hydrogens (tertiary/aromatic N) is 1. The fourth-order valence-corrected chi connectivity index (χ4v) is 3.47. The number of alkyl halides is 3. The first-order valence-corrected chi connectivity index (χ1v) is 11.3. The van der Waals surface area contributed by atoms with Gasteiger partial charge in [-0.05, 0) is 43.3 Å². The van der Waals surface area contributed by atoms with Gasteiger partial charge in [0.2, 0.25) is 5.89 Å². The highest BCUT2D eigenvalue weighted by atomic mass is 32.2. The second-order valence-corrected chi connectivity index (χ2v) is 9.20. The summed E-state index contributed by atoms with van der Waals surface area (Å²) >= 11 is 0. The standard InChI is InChI=1S/C22H23F3N2O4S/c1-14(2)20-19(26-21(31-20)16-6-4-15(3)5-7-16)12-13-30-18-10-8-17(9-11-18)27-32(28,29)22(23,24)25/h4-11,14,27H,12-13H2,1-3H3. The number of nitrogens with one attached hydrogen (secondary N) is 1. The van der Waals surface area contributed by atoms with Crippen molar-refractivity contribution in [3.8, 4) is 17.2 Å². The van der Waals surface area contributed by atoms with Crippen LogP contribution in [0.15, 0.2) is 52.9 Å². The Morgan fingerprint density at radius 1 is 1.06 bits per heavy atom. The summed E-state index contributed by atoms with van der Waals surface area (Å²) in [4.78, 5) is 4.61. The number of halogens is 3. The molecule has 1 aromatic heterocycles. The second-order valence-electron chi connectivity index (χ2n) is 7.52. The van der Waals surface area contributed by atoms with Crippen LogP contribution in [0.2, 0.25) is 0 Å². The van der Waals surface area contributed by atoms with E-state index in [2.05, 4.69) is 4.98 Å². The van der Waals surface area contributed by atoms with E-state index < -0.39 is 15.5 Å². The largest absolute Gasteiger partial charge is 0.516 e. The maximum Gasteiger partial charge on any atom is 0.516 e. The summed E-state index contributed by atoms with van der Waals surface area (Å²) in [5.74, 6) is 1.80. The van der Waals surface area contributed by atoms with E-state index in [-0.39, 0.29) is 18.2 Å². The molecule has 0 aliphatic rings. The summed E-state index contributed by atoms with van der Waals surface area (Å²) < 4.78 is 72.8. The Morgan fingerprint density at radius 2 is 1.69 bits per heavy atom. The van der Waals surface area contributed by atoms with Crippen LogP contribution >= 0.6 is 0 Å². The highest BCUT2D eigenvalue weighted by molar-refractivity contribution is 7.93. The Kier molecular flexibility index (Phi) is 6.82. The van der Waals surface area contributed by atoms with Crippen LogP contribution in [0.1, 0.15) is 36.8 Å². The number of hydrogen-bond donors (Lipinski definition) is 1. The predicted molar refractivity (Wildman–Crippen MR) is 115 cm³/mol. The van der Waals surface area contributed by atoms with Crippen LogP contribution in [0.3, 0.4) is 0 Å². The molecule has 0 unspecified atom stereocenters. The quantitative estimate of drug-likeness (QED) is 0.462. The summed E-state index contributed by atoms with van der Waals surface area (Å²) in [7, 11) is -5.46. The van der Waals surface area contributed by atoms with Gasteiger partial charge in [0, 0.05) is 23.6 Å². The Labute approximate surface area is 184 Å². The van der Waals surface area contributed by atoms with Gasteiger partial charge in [0.1, 0.15) is 11.5 Å². The smallest absolute Gasteiger partial charge is 0.493 e. The Morgan fingerprint density at radius 3 is 2.25 bits per heavy atom. The summed E-state index contributed by atoms with van der Waals surface area (Å²) in [6.45, 7) is 6.27. The topological polar surface area (TPSA) is 81.4 Å². The highest BCUT2D eigenvalue weighted by Crippen LogP contribution is 2.28. The zero-order chi connectivity index (χ0) is 23.5. The molecule has 1 heterocycles. The number of hydrogen-bond acceptors (Lipinski definition) is 5. The van der Waals surface area contributed by atoms with Crippen molar-refractivity contribution in [3.63, 3.8) is 0 Å². The molecule has 172 valence electrons. The maximum atomic E-state index is 12.5. The molecule has 0 saturated heterocycles. The summed E-state index contributed by atoms with van der Waals surface area (Å²) in [5.41, 5.74) is -2.82. The molecule has 0 saturated carbocycles. The first-order chi connectivity index (χ1) is 15.0. The lowest BCUT2D eigenvalue weighted by atomic mass is 10.1. The molecular formula is C22H23F3N2O4S. The minimum Gasteiger partial charge on any atom is -0.493 e. The molecule has 0 spiro atoms. The van der Waals surface area contributed by atoms with E-state index >= 15 is 0 Å². The number of sulfonamides is 1. The molecule has 0 amide bonds. The van der Waals surface area contributed by atoms with E-state index in [1.54, 1.807) is 0 Å². The van der Waals surface area contributed by atoms with Crippen molar-refractivity contribution >= 4 is 15.7 Å². The number of ether oxygens (including phenoxy) is 1. The molecule has 1 N–H and O–H groups in total. The molecule has 0 aliphatic carbocycles. The summed E-state index contributed by atoms with van der Waals surface area (Å²) in [5, 5.41) is 0. The van der Waals surface area contributed by atoms with Gasteiger partial charge in [-0.2, -0.15) is 21.6 Å². The van der Waals surface area contributed by atoms with E-state index in [1.165, 1.54) is 29.0 Å². The Balaban J connectivity index is 1.64. The normalized spacial score (nSPS) is 12.2. The molecule has 3 rings (SSSR count). The molecule has 32 heavy (non-hydrogen) atoms. The zero-order valence-corrected chi connectivity index (χ0v) is 18.5. The van der Waals surface area contributed by atoms with Crippen LogP contribution in [0.5, 0.6) is 5.75 Å². The average Bonchev–Trinajstić information content (AvgIpc) is 3.13. The van der Waals surface area contributed by atoms with Crippen LogP contribution in [-0.4, -0.2) is 25.5 Å². The first kappa shape index (κ1) is 23.6. The third-order valence-corrected chi connectivity index (χ3v) is 5.68. The highest BCUT2D eigenvalue weighted by Gasteiger charge is 2.46. The lowest BCUT2D eigenvalue weighted by molar-refractivity contribution is -0.0429. The molecule has 0 aliphatic heterocycles. The fraction of sp³-hybridized carbons (Fsp3) is 0.318. The molecule has 0 fully saturated rings. The van der Waals surface area contributed by atoms with Crippen molar-refractivity contribution in [1.29, 1.82) is 0 Å². The number of benzene rings is 2. The van der Waals surface area contributed by atoms with Crippen LogP contribution < -0.4 is 9.46 Å². The number of rotatable bonds is 8. The van der Waals surface area contributed by atoms with Crippen molar-refractivity contribution in [2.24, 2.45) is 0 Å². The Bertz CT molecular complexity index is 1150. The molecule has 3 aromatic rings. The van der Waals surface area contributed by atoms with Crippen molar-refractivity contribution < 1.29 is 30.7 Å². The van der Waals surface area contributed by atoms with Gasteiger partial charge in [-0.3, -0.25) is 4.72 Å². The Hall–Kier alpha value is -3.01. The molecule has 0 bridgehead atoms. The van der Waals surface area contributed by atoms with Gasteiger partial charge in [0.25, 0.3) is 0 Å². The van der Waals surface area contributed by atoms with Crippen molar-refractivity contribution in [2.75, 3.05) is 11.3 Å². The van der Waals surface area contributed by atoms with Gasteiger partial charge in [-0.15, -0.1) is 0 Å². The molecule has 0 atom stereocenters. The molecule has 0 radical (unpaired) electrons. The maximum absolute atomic E-state index is 12.5. The van der Waals surface area contributed by atoms with E-state index in [4.69, 9.17) is 9.15 Å². The van der Waals surface area contributed by atoms with Gasteiger partial charge in [0.05, 0.1) is 12.3 Å². The van der Waals surface area contributed by atoms with Gasteiger partial charge < -0.3 is 9.15 Å². The van der Waals surface area contributed by atoms with Crippen molar-refractivity contribution in [1.82, 2.24) is 4.98 Å². The van der Waals surface area contributed by atoms with Crippen LogP contribution in [0.25, 0.3) is 11.5 Å². The zero-order valence-electron chi connectivity index (χ0n) is 17.7. The molecule has 2 aromatic carbocycles. The van der Waals surface area contributed by atoms with E-state index in [1.807, 2.05) is 45.0 Å². The minimum absolute atomic E-state index is 0.123. The van der Waals surface area contributed by atoms with Crippen LogP contribution in [0, 0.1) is 6.92 Å². The lowest BCUT2D eigenvalue weighted by Crippen LogP contribution is -2.29. The van der Waals surface area contributed by atoms with Gasteiger partial charge in [0.15, 0.2) is 0 Å². The monoisotopic (exact) mass is 468 g/mol. The lowest BCUT2D eigenvalue weighted by Gasteiger charge is -2.11. The van der Waals surface area contributed by atoms with Gasteiger partial charge in [-0.1, -0.05) is 31.5 Å². The fourth-order valence-electron chi connectivity index (χ4n) is 2.91. The number of aryl methyl sites for hydroxylation is 1. The number of aromatic nitrogens is 1.